The summed E-state index contributed by atoms with van der Waals surface area (Å²) < 4.78 is 0. The van der Waals surface area contributed by atoms with Crippen molar-refractivity contribution in [3.05, 3.63) is 54.5 Å². The van der Waals surface area contributed by atoms with Crippen LogP contribution in [0.4, 0.5) is 16.9 Å². The summed E-state index contributed by atoms with van der Waals surface area (Å²) in [4.78, 5) is 38.1. The number of benzene rings is 1. The number of carbonyl (C=O) groups is 1. The highest BCUT2D eigenvalue weighted by Gasteiger charge is 2.29. The van der Waals surface area contributed by atoms with Crippen molar-refractivity contribution in [2.24, 2.45) is 0 Å². The average molecular weight is 475 g/mol. The van der Waals surface area contributed by atoms with Crippen LogP contribution in [0.25, 0.3) is 21.3 Å². The third-order valence-electron chi connectivity index (χ3n) is 5.89. The molecule has 0 aliphatic carbocycles. The highest BCUT2D eigenvalue weighted by molar-refractivity contribution is 7.18. The molecule has 0 atom stereocenters. The first-order valence-electron chi connectivity index (χ1n) is 11.0. The summed E-state index contributed by atoms with van der Waals surface area (Å²) in [6.07, 6.45) is 5.25. The molecule has 1 amide bonds. The number of anilines is 3. The van der Waals surface area contributed by atoms with Crippen molar-refractivity contribution in [2.45, 2.75) is 6.04 Å². The van der Waals surface area contributed by atoms with E-state index in [0.29, 0.717) is 11.6 Å². The maximum absolute atomic E-state index is 12.9. The third-order valence-corrected chi connectivity index (χ3v) is 7.11. The SMILES string of the molecule is CN(C)c1ncc(-c2ccc3cnc(NC(=O)c4ccnc(N5CC(N(C)C)C5)c4)nc3c2)s1. The molecular weight excluding hydrogens is 448 g/mol. The summed E-state index contributed by atoms with van der Waals surface area (Å²) in [6.45, 7) is 1.80. The van der Waals surface area contributed by atoms with E-state index in [1.165, 1.54) is 0 Å². The van der Waals surface area contributed by atoms with Gasteiger partial charge in [0.2, 0.25) is 5.95 Å². The van der Waals surface area contributed by atoms with Gasteiger partial charge in [-0.1, -0.05) is 23.5 Å². The molecular formula is C24H26N8OS. The fourth-order valence-electron chi connectivity index (χ4n) is 3.72. The zero-order valence-corrected chi connectivity index (χ0v) is 20.4. The minimum absolute atomic E-state index is 0.262. The van der Waals surface area contributed by atoms with Crippen LogP contribution in [0.1, 0.15) is 10.4 Å². The Morgan fingerprint density at radius 3 is 2.62 bits per heavy atom. The molecule has 9 nitrogen and oxygen atoms in total. The number of nitrogens with zero attached hydrogens (tertiary/aromatic N) is 7. The Hall–Kier alpha value is -3.63. The lowest BCUT2D eigenvalue weighted by molar-refractivity contribution is 0.102. The van der Waals surface area contributed by atoms with E-state index in [4.69, 9.17) is 0 Å². The molecule has 3 aromatic heterocycles. The van der Waals surface area contributed by atoms with E-state index in [9.17, 15) is 4.79 Å². The van der Waals surface area contributed by atoms with Gasteiger partial charge >= 0.3 is 0 Å². The van der Waals surface area contributed by atoms with Crippen LogP contribution in [0, 0.1) is 0 Å². The molecule has 0 bridgehead atoms. The summed E-state index contributed by atoms with van der Waals surface area (Å²) in [5.41, 5.74) is 2.31. The second kappa shape index (κ2) is 8.96. The van der Waals surface area contributed by atoms with Gasteiger partial charge in [-0.25, -0.2) is 19.9 Å². The van der Waals surface area contributed by atoms with Gasteiger partial charge in [-0.15, -0.1) is 0 Å². The van der Waals surface area contributed by atoms with Gasteiger partial charge in [0, 0.05) is 62.8 Å². The number of carbonyl (C=O) groups excluding carboxylic acids is 1. The second-order valence-electron chi connectivity index (χ2n) is 8.75. The second-order valence-corrected chi connectivity index (χ2v) is 9.76. The van der Waals surface area contributed by atoms with E-state index in [1.807, 2.05) is 49.5 Å². The Bertz CT molecular complexity index is 1350. The summed E-state index contributed by atoms with van der Waals surface area (Å²) in [6, 6.07) is 10.0. The number of nitrogens with one attached hydrogen (secondary N) is 1. The van der Waals surface area contributed by atoms with Gasteiger partial charge in [-0.3, -0.25) is 10.1 Å². The van der Waals surface area contributed by atoms with Crippen LogP contribution in [0.15, 0.2) is 48.9 Å². The van der Waals surface area contributed by atoms with E-state index >= 15 is 0 Å². The lowest BCUT2D eigenvalue weighted by atomic mass is 10.1. The first kappa shape index (κ1) is 22.2. The average Bonchev–Trinajstić information content (AvgIpc) is 3.28. The predicted octanol–water partition coefficient (Wildman–Crippen LogP) is 3.22. The predicted molar refractivity (Wildman–Crippen MR) is 137 cm³/mol. The molecule has 0 saturated carbocycles. The van der Waals surface area contributed by atoms with Crippen molar-refractivity contribution in [3.63, 3.8) is 0 Å². The number of hydrogen-bond acceptors (Lipinski definition) is 9. The van der Waals surface area contributed by atoms with Crippen molar-refractivity contribution in [2.75, 3.05) is 56.4 Å². The lowest BCUT2D eigenvalue weighted by Crippen LogP contribution is -2.57. The van der Waals surface area contributed by atoms with Crippen molar-refractivity contribution < 1.29 is 4.79 Å². The minimum atomic E-state index is -0.262. The standard InChI is InChI=1S/C24H26N8OS/c1-30(2)18-13-32(14-18)21-10-16(7-8-25-21)22(33)29-23-26-11-17-6-5-15(9-19(17)28-23)20-12-27-24(34-20)31(3)4/h5-12,18H,13-14H2,1-4H3,(H,26,28,29,33). The Labute approximate surface area is 202 Å². The molecule has 34 heavy (non-hydrogen) atoms. The summed E-state index contributed by atoms with van der Waals surface area (Å²) >= 11 is 1.62. The monoisotopic (exact) mass is 474 g/mol. The maximum Gasteiger partial charge on any atom is 0.258 e. The van der Waals surface area contributed by atoms with Gasteiger partial charge in [0.25, 0.3) is 5.91 Å². The first-order chi connectivity index (χ1) is 16.4. The zero-order valence-electron chi connectivity index (χ0n) is 19.6. The minimum Gasteiger partial charge on any atom is -0.354 e. The van der Waals surface area contributed by atoms with E-state index < -0.39 is 0 Å². The largest absolute Gasteiger partial charge is 0.354 e. The van der Waals surface area contributed by atoms with Gasteiger partial charge in [0.05, 0.1) is 10.4 Å². The summed E-state index contributed by atoms with van der Waals surface area (Å²) in [5.74, 6) is 0.807. The molecule has 1 aliphatic rings. The molecule has 4 aromatic rings. The highest BCUT2D eigenvalue weighted by atomic mass is 32.1. The Balaban J connectivity index is 1.33. The van der Waals surface area contributed by atoms with Gasteiger partial charge < -0.3 is 14.7 Å². The number of hydrogen-bond donors (Lipinski definition) is 1. The van der Waals surface area contributed by atoms with Crippen LogP contribution in [0.5, 0.6) is 0 Å². The van der Waals surface area contributed by atoms with Gasteiger partial charge in [0.15, 0.2) is 5.13 Å². The molecule has 0 radical (unpaired) electrons. The van der Waals surface area contributed by atoms with Crippen molar-refractivity contribution in [3.8, 4) is 10.4 Å². The van der Waals surface area contributed by atoms with E-state index in [0.717, 1.165) is 45.4 Å². The number of aromatic nitrogens is 4. The Kier molecular flexibility index (Phi) is 5.84. The van der Waals surface area contributed by atoms with Crippen molar-refractivity contribution >= 4 is 45.0 Å². The smallest absolute Gasteiger partial charge is 0.258 e. The van der Waals surface area contributed by atoms with E-state index in [-0.39, 0.29) is 11.9 Å². The fourth-order valence-corrected chi connectivity index (χ4v) is 4.55. The number of pyridine rings is 1. The Morgan fingerprint density at radius 2 is 1.88 bits per heavy atom. The molecule has 0 unspecified atom stereocenters. The van der Waals surface area contributed by atoms with Crippen LogP contribution in [-0.2, 0) is 0 Å². The lowest BCUT2D eigenvalue weighted by Gasteiger charge is -2.43. The molecule has 174 valence electrons. The maximum atomic E-state index is 12.9. The van der Waals surface area contributed by atoms with E-state index in [1.54, 1.807) is 29.8 Å². The number of thiazole rings is 1. The van der Waals surface area contributed by atoms with Crippen LogP contribution in [0.3, 0.4) is 0 Å². The zero-order chi connectivity index (χ0) is 23.8. The topological polar surface area (TPSA) is 90.4 Å². The molecule has 5 rings (SSSR count). The van der Waals surface area contributed by atoms with Crippen molar-refractivity contribution in [1.82, 2.24) is 24.8 Å². The first-order valence-corrected chi connectivity index (χ1v) is 11.8. The molecule has 4 heterocycles. The normalized spacial score (nSPS) is 13.9. The molecule has 1 aromatic carbocycles. The number of likely N-dealkylation sites (N-methyl/N-ethyl adjacent to an activating group) is 1. The molecule has 1 N–H and O–H groups in total. The number of amides is 1. The van der Waals surface area contributed by atoms with Crippen LogP contribution < -0.4 is 15.1 Å². The molecule has 1 aliphatic heterocycles. The quantitative estimate of drug-likeness (QED) is 0.456. The van der Waals surface area contributed by atoms with Crippen LogP contribution in [-0.4, -0.2) is 78.1 Å². The summed E-state index contributed by atoms with van der Waals surface area (Å²) in [5, 5.41) is 4.67. The Morgan fingerprint density at radius 1 is 1.06 bits per heavy atom. The number of fused-ring (bicyclic) bond motifs is 1. The van der Waals surface area contributed by atoms with Gasteiger partial charge in [-0.2, -0.15) is 0 Å². The summed E-state index contributed by atoms with van der Waals surface area (Å²) in [7, 11) is 8.09. The van der Waals surface area contributed by atoms with Gasteiger partial charge in [-0.05, 0) is 37.9 Å². The molecule has 1 saturated heterocycles. The molecule has 10 heteroatoms. The van der Waals surface area contributed by atoms with Crippen molar-refractivity contribution in [1.29, 1.82) is 0 Å². The van der Waals surface area contributed by atoms with Crippen LogP contribution in [0.2, 0.25) is 0 Å². The van der Waals surface area contributed by atoms with Gasteiger partial charge in [0.1, 0.15) is 5.82 Å². The fraction of sp³-hybridized carbons (Fsp3) is 0.292. The highest BCUT2D eigenvalue weighted by Crippen LogP contribution is 2.31. The molecule has 1 fully saturated rings. The van der Waals surface area contributed by atoms with Crippen LogP contribution >= 0.6 is 11.3 Å². The third kappa shape index (κ3) is 4.42. The van der Waals surface area contributed by atoms with E-state index in [2.05, 4.69) is 49.1 Å². The molecule has 0 spiro atoms. The number of rotatable bonds is 6.